The second kappa shape index (κ2) is 4.82. The van der Waals surface area contributed by atoms with Crippen LogP contribution in [0.2, 0.25) is 0 Å². The number of aromatic nitrogens is 1. The van der Waals surface area contributed by atoms with Crippen molar-refractivity contribution in [3.05, 3.63) is 23.8 Å². The van der Waals surface area contributed by atoms with Crippen LogP contribution in [0, 0.1) is 0 Å². The lowest BCUT2D eigenvalue weighted by Crippen LogP contribution is -2.39. The highest BCUT2D eigenvalue weighted by atomic mass is 32.1. The molecule has 4 rings (SSSR count). The number of nitrogens with two attached hydrogens (primary N) is 1. The molecule has 0 bridgehead atoms. The Labute approximate surface area is 136 Å². The number of carbonyl (C=O) groups excluding carboxylic acids is 2. The van der Waals surface area contributed by atoms with Gasteiger partial charge in [0.2, 0.25) is 0 Å². The van der Waals surface area contributed by atoms with Gasteiger partial charge < -0.3 is 20.3 Å². The molecule has 0 radical (unpaired) electrons. The molecule has 2 aromatic rings. The maximum absolute atomic E-state index is 12.7. The van der Waals surface area contributed by atoms with E-state index in [-0.39, 0.29) is 12.0 Å². The van der Waals surface area contributed by atoms with Crippen molar-refractivity contribution < 1.29 is 14.3 Å². The van der Waals surface area contributed by atoms with Gasteiger partial charge in [0.1, 0.15) is 0 Å². The third-order valence-electron chi connectivity index (χ3n) is 4.40. The molecule has 2 amide bonds. The summed E-state index contributed by atoms with van der Waals surface area (Å²) in [6, 6.07) is 5.42. The van der Waals surface area contributed by atoms with E-state index in [1.807, 2.05) is 6.07 Å². The summed E-state index contributed by atoms with van der Waals surface area (Å²) >= 11 is 1.40. The highest BCUT2D eigenvalue weighted by molar-refractivity contribution is 7.22. The van der Waals surface area contributed by atoms with Gasteiger partial charge in [-0.2, -0.15) is 0 Å². The molecule has 2 fully saturated rings. The quantitative estimate of drug-likeness (QED) is 0.856. The summed E-state index contributed by atoms with van der Waals surface area (Å²) in [6.07, 6.45) is 0.347. The topological polar surface area (TPSA) is 88.8 Å². The normalized spacial score (nSPS) is 24.0. The number of anilines is 1. The van der Waals surface area contributed by atoms with Crippen molar-refractivity contribution in [1.29, 1.82) is 0 Å². The number of ether oxygens (including phenoxy) is 1. The van der Waals surface area contributed by atoms with Crippen molar-refractivity contribution in [2.75, 3.05) is 32.4 Å². The van der Waals surface area contributed by atoms with Crippen LogP contribution in [-0.2, 0) is 4.74 Å². The van der Waals surface area contributed by atoms with E-state index in [9.17, 15) is 9.59 Å². The molecule has 3 heterocycles. The standard InChI is InChI=1S/C15H16N4O3S/c1-18-7-15(22-14(18)21)4-5-19(8-15)12(20)9-2-3-11-10(6-9)17-13(16)23-11/h2-3,6H,4-5,7-8H2,1H3,(H2,16,17). The molecule has 8 heteroatoms. The molecule has 1 spiro atoms. The SMILES string of the molecule is CN1CC2(CCN(C(=O)c3ccc4sc(N)nc4c3)C2)OC1=O. The summed E-state index contributed by atoms with van der Waals surface area (Å²) in [6.45, 7) is 1.54. The summed E-state index contributed by atoms with van der Waals surface area (Å²) in [5.74, 6) is -0.0686. The Balaban J connectivity index is 1.56. The summed E-state index contributed by atoms with van der Waals surface area (Å²) in [5.41, 5.74) is 6.46. The Morgan fingerprint density at radius 2 is 2.26 bits per heavy atom. The lowest BCUT2D eigenvalue weighted by atomic mass is 10.0. The molecule has 2 saturated heterocycles. The monoisotopic (exact) mass is 332 g/mol. The number of benzene rings is 1. The van der Waals surface area contributed by atoms with Crippen molar-refractivity contribution in [3.8, 4) is 0 Å². The number of thiazole rings is 1. The van der Waals surface area contributed by atoms with Crippen LogP contribution in [0.25, 0.3) is 10.2 Å². The lowest BCUT2D eigenvalue weighted by Gasteiger charge is -2.21. The Morgan fingerprint density at radius 1 is 1.43 bits per heavy atom. The van der Waals surface area contributed by atoms with Gasteiger partial charge in [-0.3, -0.25) is 4.79 Å². The van der Waals surface area contributed by atoms with Crippen molar-refractivity contribution in [3.63, 3.8) is 0 Å². The number of hydrogen-bond donors (Lipinski definition) is 1. The molecule has 2 N–H and O–H groups in total. The Bertz CT molecular complexity index is 820. The predicted molar refractivity (Wildman–Crippen MR) is 86.4 cm³/mol. The average Bonchev–Trinajstić information content (AvgIpc) is 3.15. The van der Waals surface area contributed by atoms with Crippen LogP contribution in [0.5, 0.6) is 0 Å². The van der Waals surface area contributed by atoms with E-state index in [1.54, 1.807) is 29.0 Å². The first kappa shape index (κ1) is 14.3. The molecule has 1 atom stereocenters. The molecule has 1 aromatic heterocycles. The molecule has 1 aromatic carbocycles. The molecule has 2 aliphatic heterocycles. The van der Waals surface area contributed by atoms with Gasteiger partial charge in [0.25, 0.3) is 5.91 Å². The van der Waals surface area contributed by atoms with Gasteiger partial charge in [-0.1, -0.05) is 11.3 Å². The number of carbonyl (C=O) groups is 2. The minimum Gasteiger partial charge on any atom is -0.439 e. The first-order valence-corrected chi connectivity index (χ1v) is 8.17. The molecule has 0 saturated carbocycles. The number of hydrogen-bond acceptors (Lipinski definition) is 6. The predicted octanol–water partition coefficient (Wildman–Crippen LogP) is 1.55. The molecule has 0 aliphatic carbocycles. The first-order valence-electron chi connectivity index (χ1n) is 7.35. The number of rotatable bonds is 1. The van der Waals surface area contributed by atoms with E-state index >= 15 is 0 Å². The van der Waals surface area contributed by atoms with Gasteiger partial charge in [-0.05, 0) is 18.2 Å². The highest BCUT2D eigenvalue weighted by Crippen LogP contribution is 2.33. The third-order valence-corrected chi connectivity index (χ3v) is 5.26. The third kappa shape index (κ3) is 2.29. The average molecular weight is 332 g/mol. The lowest BCUT2D eigenvalue weighted by molar-refractivity contribution is 0.0553. The minimum absolute atomic E-state index is 0.0686. The van der Waals surface area contributed by atoms with Crippen LogP contribution in [0.3, 0.4) is 0 Å². The molecular formula is C15H16N4O3S. The van der Waals surface area contributed by atoms with Gasteiger partial charge in [0.05, 0.1) is 23.3 Å². The zero-order valence-electron chi connectivity index (χ0n) is 12.6. The number of nitrogens with zero attached hydrogens (tertiary/aromatic N) is 3. The van der Waals surface area contributed by atoms with Gasteiger partial charge in [0, 0.05) is 25.6 Å². The maximum Gasteiger partial charge on any atom is 0.410 e. The summed E-state index contributed by atoms with van der Waals surface area (Å²) < 4.78 is 6.44. The fourth-order valence-electron chi connectivity index (χ4n) is 3.28. The van der Waals surface area contributed by atoms with E-state index in [0.29, 0.717) is 36.8 Å². The van der Waals surface area contributed by atoms with Crippen molar-refractivity contribution >= 4 is 38.7 Å². The second-order valence-electron chi connectivity index (χ2n) is 6.12. The van der Waals surface area contributed by atoms with E-state index in [2.05, 4.69) is 4.98 Å². The van der Waals surface area contributed by atoms with E-state index in [0.717, 1.165) is 10.2 Å². The van der Waals surface area contributed by atoms with Gasteiger partial charge in [-0.25, -0.2) is 9.78 Å². The molecule has 120 valence electrons. The number of amides is 2. The Hall–Kier alpha value is -2.35. The Morgan fingerprint density at radius 3 is 3.00 bits per heavy atom. The molecular weight excluding hydrogens is 316 g/mol. The maximum atomic E-state index is 12.7. The van der Waals surface area contributed by atoms with Crippen LogP contribution in [0.4, 0.5) is 9.93 Å². The van der Waals surface area contributed by atoms with Crippen LogP contribution in [-0.4, -0.2) is 59.1 Å². The van der Waals surface area contributed by atoms with Crippen molar-refractivity contribution in [2.45, 2.75) is 12.0 Å². The number of likely N-dealkylation sites (tertiary alicyclic amines) is 1. The number of nitrogen functional groups attached to an aromatic ring is 1. The van der Waals surface area contributed by atoms with Crippen molar-refractivity contribution in [1.82, 2.24) is 14.8 Å². The number of fused-ring (bicyclic) bond motifs is 1. The van der Waals surface area contributed by atoms with E-state index in [1.165, 1.54) is 11.3 Å². The smallest absolute Gasteiger partial charge is 0.410 e. The van der Waals surface area contributed by atoms with Crippen LogP contribution in [0.15, 0.2) is 18.2 Å². The molecule has 7 nitrogen and oxygen atoms in total. The fraction of sp³-hybridized carbons (Fsp3) is 0.400. The highest BCUT2D eigenvalue weighted by Gasteiger charge is 2.49. The van der Waals surface area contributed by atoms with Gasteiger partial charge in [0.15, 0.2) is 10.7 Å². The molecule has 23 heavy (non-hydrogen) atoms. The molecule has 2 aliphatic rings. The first-order chi connectivity index (χ1) is 11.0. The fourth-order valence-corrected chi connectivity index (χ4v) is 4.00. The molecule has 1 unspecified atom stereocenters. The van der Waals surface area contributed by atoms with Crippen LogP contribution >= 0.6 is 11.3 Å². The van der Waals surface area contributed by atoms with Crippen molar-refractivity contribution in [2.24, 2.45) is 0 Å². The summed E-state index contributed by atoms with van der Waals surface area (Å²) in [4.78, 5) is 31.8. The Kier molecular flexibility index (Phi) is 2.99. The zero-order chi connectivity index (χ0) is 16.2. The second-order valence-corrected chi connectivity index (χ2v) is 7.18. The largest absolute Gasteiger partial charge is 0.439 e. The summed E-state index contributed by atoms with van der Waals surface area (Å²) in [7, 11) is 1.71. The van der Waals surface area contributed by atoms with Gasteiger partial charge in [-0.15, -0.1) is 0 Å². The minimum atomic E-state index is -0.559. The van der Waals surface area contributed by atoms with E-state index in [4.69, 9.17) is 10.5 Å². The van der Waals surface area contributed by atoms with Gasteiger partial charge >= 0.3 is 6.09 Å². The number of likely N-dealkylation sites (N-methyl/N-ethyl adjacent to an activating group) is 1. The zero-order valence-corrected chi connectivity index (χ0v) is 13.4. The van der Waals surface area contributed by atoms with Crippen LogP contribution in [0.1, 0.15) is 16.8 Å². The summed E-state index contributed by atoms with van der Waals surface area (Å²) in [5, 5.41) is 0.491. The van der Waals surface area contributed by atoms with E-state index < -0.39 is 5.60 Å². The van der Waals surface area contributed by atoms with Crippen LogP contribution < -0.4 is 5.73 Å².